The van der Waals surface area contributed by atoms with Crippen LogP contribution in [0.1, 0.15) is 34.8 Å². The Morgan fingerprint density at radius 1 is 1.35 bits per heavy atom. The molecular formula is C20H21N5O. The molecule has 1 atom stereocenters. The molecule has 4 rings (SSSR count). The molecule has 26 heavy (non-hydrogen) atoms. The van der Waals surface area contributed by atoms with Gasteiger partial charge in [-0.25, -0.2) is 0 Å². The van der Waals surface area contributed by atoms with Crippen molar-refractivity contribution in [3.05, 3.63) is 54.0 Å². The summed E-state index contributed by atoms with van der Waals surface area (Å²) in [4.78, 5) is 15.1. The van der Waals surface area contributed by atoms with Crippen LogP contribution in [0.5, 0.6) is 0 Å². The molecule has 6 heteroatoms. The zero-order valence-corrected chi connectivity index (χ0v) is 14.8. The minimum atomic E-state index is 0.0338. The van der Waals surface area contributed by atoms with Gasteiger partial charge in [0.2, 0.25) is 0 Å². The molecule has 1 aliphatic heterocycles. The third-order valence-corrected chi connectivity index (χ3v) is 5.05. The number of piperidine rings is 1. The summed E-state index contributed by atoms with van der Waals surface area (Å²) >= 11 is 0. The fourth-order valence-corrected chi connectivity index (χ4v) is 3.78. The number of aryl methyl sites for hydroxylation is 1. The van der Waals surface area contributed by atoms with Crippen LogP contribution < -0.4 is 0 Å². The van der Waals surface area contributed by atoms with Crippen molar-refractivity contribution in [3.8, 4) is 6.07 Å². The monoisotopic (exact) mass is 347 g/mol. The van der Waals surface area contributed by atoms with Crippen molar-refractivity contribution in [1.82, 2.24) is 19.2 Å². The lowest BCUT2D eigenvalue weighted by Crippen LogP contribution is -2.40. The van der Waals surface area contributed by atoms with Crippen LogP contribution >= 0.6 is 0 Å². The molecule has 0 radical (unpaired) electrons. The van der Waals surface area contributed by atoms with Gasteiger partial charge in [0.1, 0.15) is 6.54 Å². The molecule has 3 aromatic rings. The van der Waals surface area contributed by atoms with E-state index in [9.17, 15) is 4.79 Å². The summed E-state index contributed by atoms with van der Waals surface area (Å²) in [5, 5.41) is 14.4. The summed E-state index contributed by atoms with van der Waals surface area (Å²) in [6, 6.07) is 10.2. The Hall–Kier alpha value is -3.07. The molecule has 0 N–H and O–H groups in total. The first kappa shape index (κ1) is 16.4. The summed E-state index contributed by atoms with van der Waals surface area (Å²) in [6.45, 7) is 3.69. The summed E-state index contributed by atoms with van der Waals surface area (Å²) in [5.41, 5.74) is 2.73. The maximum atomic E-state index is 13.2. The van der Waals surface area contributed by atoms with E-state index in [0.717, 1.165) is 35.9 Å². The van der Waals surface area contributed by atoms with Crippen LogP contribution in [-0.2, 0) is 6.54 Å². The largest absolute Gasteiger partial charge is 0.336 e. The van der Waals surface area contributed by atoms with E-state index < -0.39 is 0 Å². The molecule has 0 bridgehead atoms. The summed E-state index contributed by atoms with van der Waals surface area (Å²) in [6.07, 6.45) is 7.71. The number of para-hydroxylation sites is 1. The molecule has 1 aromatic carbocycles. The van der Waals surface area contributed by atoms with E-state index in [1.165, 1.54) is 0 Å². The zero-order chi connectivity index (χ0) is 18.1. The van der Waals surface area contributed by atoms with E-state index in [0.29, 0.717) is 12.1 Å². The Labute approximate surface area is 152 Å². The highest BCUT2D eigenvalue weighted by Gasteiger charge is 2.27. The van der Waals surface area contributed by atoms with Gasteiger partial charge in [-0.15, -0.1) is 0 Å². The van der Waals surface area contributed by atoms with Gasteiger partial charge in [-0.1, -0.05) is 18.2 Å². The van der Waals surface area contributed by atoms with Crippen molar-refractivity contribution in [3.63, 3.8) is 0 Å². The number of hydrogen-bond acceptors (Lipinski definition) is 3. The quantitative estimate of drug-likeness (QED) is 0.731. The van der Waals surface area contributed by atoms with Gasteiger partial charge in [0.05, 0.1) is 23.9 Å². The van der Waals surface area contributed by atoms with Gasteiger partial charge in [-0.3, -0.25) is 9.48 Å². The number of fused-ring (bicyclic) bond motifs is 1. The third-order valence-electron chi connectivity index (χ3n) is 5.05. The maximum absolute atomic E-state index is 13.2. The van der Waals surface area contributed by atoms with Crippen LogP contribution in [-0.4, -0.2) is 38.2 Å². The Morgan fingerprint density at radius 3 is 2.96 bits per heavy atom. The van der Waals surface area contributed by atoms with Crippen molar-refractivity contribution < 1.29 is 4.79 Å². The standard InChI is InChI=1S/C20H21N5O/c1-15-11-22-25(12-15)16-5-4-9-24(13-16)20(26)18-14-23(10-8-21)19-7-3-2-6-17(18)19/h2-3,6-7,11-12,14,16H,4-5,9-10,13H2,1H3/t16-/m0/s1. The number of likely N-dealkylation sites (tertiary alicyclic amines) is 1. The first-order chi connectivity index (χ1) is 12.7. The predicted octanol–water partition coefficient (Wildman–Crippen LogP) is 3.15. The Morgan fingerprint density at radius 2 is 2.19 bits per heavy atom. The van der Waals surface area contributed by atoms with E-state index in [1.807, 2.05) is 63.9 Å². The summed E-state index contributed by atoms with van der Waals surface area (Å²) < 4.78 is 3.83. The van der Waals surface area contributed by atoms with Gasteiger partial charge in [-0.05, 0) is 31.4 Å². The lowest BCUT2D eigenvalue weighted by molar-refractivity contribution is 0.0674. The molecule has 6 nitrogen and oxygen atoms in total. The number of rotatable bonds is 3. The SMILES string of the molecule is Cc1cnn([C@H]2CCCN(C(=O)c3cn(CC#N)c4ccccc34)C2)c1. The molecule has 1 saturated heterocycles. The van der Waals surface area contributed by atoms with Crippen LogP contribution in [0.3, 0.4) is 0 Å². The smallest absolute Gasteiger partial charge is 0.256 e. The van der Waals surface area contributed by atoms with Gasteiger partial charge in [0.25, 0.3) is 5.91 Å². The third kappa shape index (κ3) is 2.86. The molecule has 1 amide bonds. The number of amides is 1. The van der Waals surface area contributed by atoms with Crippen LogP contribution in [0.4, 0.5) is 0 Å². The number of carbonyl (C=O) groups is 1. The van der Waals surface area contributed by atoms with Gasteiger partial charge < -0.3 is 9.47 Å². The fourth-order valence-electron chi connectivity index (χ4n) is 3.78. The number of benzene rings is 1. The average Bonchev–Trinajstić information content (AvgIpc) is 3.26. The highest BCUT2D eigenvalue weighted by atomic mass is 16.2. The second-order valence-electron chi connectivity index (χ2n) is 6.89. The predicted molar refractivity (Wildman–Crippen MR) is 98.7 cm³/mol. The highest BCUT2D eigenvalue weighted by Crippen LogP contribution is 2.26. The van der Waals surface area contributed by atoms with Crippen molar-refractivity contribution in [1.29, 1.82) is 5.26 Å². The molecule has 132 valence electrons. The Kier molecular flexibility index (Phi) is 4.21. The fraction of sp³-hybridized carbons (Fsp3) is 0.350. The number of aromatic nitrogens is 3. The molecule has 0 saturated carbocycles. The normalized spacial score (nSPS) is 17.4. The lowest BCUT2D eigenvalue weighted by atomic mass is 10.0. The number of nitriles is 1. The van der Waals surface area contributed by atoms with Crippen molar-refractivity contribution >= 4 is 16.8 Å². The molecule has 0 spiro atoms. The second kappa shape index (κ2) is 6.68. The van der Waals surface area contributed by atoms with Crippen molar-refractivity contribution in [2.45, 2.75) is 32.4 Å². The van der Waals surface area contributed by atoms with E-state index >= 15 is 0 Å². The van der Waals surface area contributed by atoms with Gasteiger partial charge in [0.15, 0.2) is 0 Å². The minimum absolute atomic E-state index is 0.0338. The first-order valence-electron chi connectivity index (χ1n) is 8.92. The van der Waals surface area contributed by atoms with Crippen molar-refractivity contribution in [2.75, 3.05) is 13.1 Å². The second-order valence-corrected chi connectivity index (χ2v) is 6.89. The molecule has 0 aliphatic carbocycles. The van der Waals surface area contributed by atoms with Crippen LogP contribution in [0.25, 0.3) is 10.9 Å². The maximum Gasteiger partial charge on any atom is 0.256 e. The molecule has 2 aromatic heterocycles. The number of hydrogen-bond donors (Lipinski definition) is 0. The molecule has 0 unspecified atom stereocenters. The van der Waals surface area contributed by atoms with Crippen LogP contribution in [0.15, 0.2) is 42.9 Å². The molecule has 1 fully saturated rings. The summed E-state index contributed by atoms with van der Waals surface area (Å²) in [5.74, 6) is 0.0338. The number of nitrogens with zero attached hydrogens (tertiary/aromatic N) is 5. The van der Waals surface area contributed by atoms with Gasteiger partial charge in [-0.2, -0.15) is 10.4 Å². The number of carbonyl (C=O) groups excluding carboxylic acids is 1. The lowest BCUT2D eigenvalue weighted by Gasteiger charge is -2.32. The van der Waals surface area contributed by atoms with Crippen LogP contribution in [0.2, 0.25) is 0 Å². The molecule has 1 aliphatic rings. The minimum Gasteiger partial charge on any atom is -0.336 e. The Bertz CT molecular complexity index is 993. The zero-order valence-electron chi connectivity index (χ0n) is 14.8. The van der Waals surface area contributed by atoms with Crippen LogP contribution in [0, 0.1) is 18.3 Å². The summed E-state index contributed by atoms with van der Waals surface area (Å²) in [7, 11) is 0. The van der Waals surface area contributed by atoms with E-state index in [-0.39, 0.29) is 18.5 Å². The first-order valence-corrected chi connectivity index (χ1v) is 8.92. The van der Waals surface area contributed by atoms with Gasteiger partial charge in [0, 0.05) is 36.4 Å². The van der Waals surface area contributed by atoms with E-state index in [2.05, 4.69) is 11.2 Å². The Balaban J connectivity index is 1.63. The molecule has 3 heterocycles. The molecular weight excluding hydrogens is 326 g/mol. The highest BCUT2D eigenvalue weighted by molar-refractivity contribution is 6.07. The van der Waals surface area contributed by atoms with Gasteiger partial charge >= 0.3 is 0 Å². The topological polar surface area (TPSA) is 66.8 Å². The van der Waals surface area contributed by atoms with E-state index in [1.54, 1.807) is 0 Å². The van der Waals surface area contributed by atoms with E-state index in [4.69, 9.17) is 5.26 Å². The average molecular weight is 347 g/mol. The van der Waals surface area contributed by atoms with Crippen molar-refractivity contribution in [2.24, 2.45) is 0 Å².